The van der Waals surface area contributed by atoms with E-state index in [1.54, 1.807) is 0 Å². The van der Waals surface area contributed by atoms with Crippen LogP contribution in [0.3, 0.4) is 0 Å². The molecule has 1 aromatic heterocycles. The summed E-state index contributed by atoms with van der Waals surface area (Å²) in [5, 5.41) is 11.9. The first-order chi connectivity index (χ1) is 9.63. The van der Waals surface area contributed by atoms with Crippen molar-refractivity contribution in [3.63, 3.8) is 0 Å². The minimum atomic E-state index is 0.260. The molecule has 5 nitrogen and oxygen atoms in total. The molecular formula is C14H25N3O2S. The number of nitrogens with one attached hydrogen (secondary N) is 1. The maximum absolute atomic E-state index is 8.68. The van der Waals surface area contributed by atoms with Gasteiger partial charge in [0, 0.05) is 18.9 Å². The molecule has 0 aliphatic carbocycles. The smallest absolute Gasteiger partial charge is 0.239 e. The van der Waals surface area contributed by atoms with Crippen molar-refractivity contribution in [1.82, 2.24) is 4.98 Å². The molecule has 0 aromatic carbocycles. The van der Waals surface area contributed by atoms with Gasteiger partial charge in [-0.15, -0.1) is 0 Å². The van der Waals surface area contributed by atoms with E-state index in [1.165, 1.54) is 0 Å². The molecule has 20 heavy (non-hydrogen) atoms. The number of thioether (sulfide) groups is 1. The van der Waals surface area contributed by atoms with Gasteiger partial charge in [-0.1, -0.05) is 13.8 Å². The third kappa shape index (κ3) is 6.86. The Morgan fingerprint density at radius 2 is 2.20 bits per heavy atom. The van der Waals surface area contributed by atoms with Gasteiger partial charge in [0.25, 0.3) is 0 Å². The van der Waals surface area contributed by atoms with Crippen LogP contribution in [0.2, 0.25) is 0 Å². The van der Waals surface area contributed by atoms with E-state index in [0.717, 1.165) is 30.3 Å². The molecule has 0 aliphatic heterocycles. The lowest BCUT2D eigenvalue weighted by Gasteiger charge is -2.12. The molecule has 0 aliphatic rings. The SMILES string of the molecule is CC(C)COc1nc(NCCSCCCO)ccc1N. The van der Waals surface area contributed by atoms with E-state index >= 15 is 0 Å². The van der Waals surface area contributed by atoms with E-state index in [-0.39, 0.29) is 6.61 Å². The fraction of sp³-hybridized carbons (Fsp3) is 0.643. The summed E-state index contributed by atoms with van der Waals surface area (Å²) in [6.07, 6.45) is 0.845. The second kappa shape index (κ2) is 9.72. The van der Waals surface area contributed by atoms with Crippen molar-refractivity contribution in [2.75, 3.05) is 42.3 Å². The number of nitrogen functional groups attached to an aromatic ring is 1. The normalized spacial score (nSPS) is 10.8. The zero-order valence-electron chi connectivity index (χ0n) is 12.3. The standard InChI is InChI=1S/C14H25N3O2S/c1-11(2)10-19-14-12(15)4-5-13(17-14)16-6-9-20-8-3-7-18/h4-5,11,18H,3,6-10,15H2,1-2H3,(H,16,17). The predicted octanol–water partition coefficient (Wildman–Crippen LogP) is 2.23. The molecule has 0 amide bonds. The maximum Gasteiger partial charge on any atom is 0.239 e. The van der Waals surface area contributed by atoms with Crippen LogP contribution in [-0.4, -0.2) is 41.4 Å². The summed E-state index contributed by atoms with van der Waals surface area (Å²) in [4.78, 5) is 4.37. The van der Waals surface area contributed by atoms with Crippen LogP contribution in [0.5, 0.6) is 5.88 Å². The minimum Gasteiger partial charge on any atom is -0.476 e. The Bertz CT molecular complexity index is 389. The zero-order chi connectivity index (χ0) is 14.8. The second-order valence-corrected chi connectivity index (χ2v) is 6.14. The number of ether oxygens (including phenoxy) is 1. The summed E-state index contributed by atoms with van der Waals surface area (Å²) < 4.78 is 5.59. The number of nitrogens with zero attached hydrogens (tertiary/aromatic N) is 1. The molecule has 1 aromatic rings. The van der Waals surface area contributed by atoms with Gasteiger partial charge in [0.15, 0.2) is 0 Å². The first-order valence-electron chi connectivity index (χ1n) is 6.95. The number of aromatic nitrogens is 1. The number of nitrogens with two attached hydrogens (primary N) is 1. The highest BCUT2D eigenvalue weighted by Gasteiger charge is 2.05. The van der Waals surface area contributed by atoms with Gasteiger partial charge < -0.3 is 20.9 Å². The lowest BCUT2D eigenvalue weighted by Crippen LogP contribution is -2.10. The number of rotatable bonds is 10. The van der Waals surface area contributed by atoms with Crippen LogP contribution in [-0.2, 0) is 0 Å². The van der Waals surface area contributed by atoms with Crippen molar-refractivity contribution in [3.05, 3.63) is 12.1 Å². The predicted molar refractivity (Wildman–Crippen MR) is 86.5 cm³/mol. The Morgan fingerprint density at radius 3 is 2.90 bits per heavy atom. The van der Waals surface area contributed by atoms with Gasteiger partial charge in [-0.05, 0) is 30.2 Å². The van der Waals surface area contributed by atoms with E-state index in [0.29, 0.717) is 24.1 Å². The molecule has 1 heterocycles. The van der Waals surface area contributed by atoms with Gasteiger partial charge >= 0.3 is 0 Å². The highest BCUT2D eigenvalue weighted by molar-refractivity contribution is 7.99. The second-order valence-electron chi connectivity index (χ2n) is 4.91. The van der Waals surface area contributed by atoms with E-state index in [2.05, 4.69) is 24.1 Å². The average Bonchev–Trinajstić information content (AvgIpc) is 2.42. The summed E-state index contributed by atoms with van der Waals surface area (Å²) in [6.45, 7) is 5.87. The molecule has 0 bridgehead atoms. The fourth-order valence-corrected chi connectivity index (χ4v) is 2.21. The first-order valence-corrected chi connectivity index (χ1v) is 8.10. The molecular weight excluding hydrogens is 274 g/mol. The van der Waals surface area contributed by atoms with Crippen LogP contribution in [0.25, 0.3) is 0 Å². The molecule has 0 saturated carbocycles. The number of pyridine rings is 1. The van der Waals surface area contributed by atoms with Gasteiger partial charge in [0.05, 0.1) is 12.3 Å². The van der Waals surface area contributed by atoms with Crippen molar-refractivity contribution in [1.29, 1.82) is 0 Å². The summed E-state index contributed by atoms with van der Waals surface area (Å²) in [5.74, 6) is 3.68. The molecule has 6 heteroatoms. The third-order valence-electron chi connectivity index (χ3n) is 2.44. The van der Waals surface area contributed by atoms with E-state index < -0.39 is 0 Å². The molecule has 0 atom stereocenters. The number of aliphatic hydroxyl groups is 1. The Hall–Kier alpha value is -1.14. The summed E-state index contributed by atoms with van der Waals surface area (Å²) in [5.41, 5.74) is 6.41. The number of aliphatic hydroxyl groups excluding tert-OH is 1. The fourth-order valence-electron chi connectivity index (χ4n) is 1.43. The van der Waals surface area contributed by atoms with Crippen LogP contribution < -0.4 is 15.8 Å². The number of hydrogen-bond acceptors (Lipinski definition) is 6. The highest BCUT2D eigenvalue weighted by atomic mass is 32.2. The average molecular weight is 299 g/mol. The first kappa shape index (κ1) is 16.9. The Balaban J connectivity index is 2.36. The van der Waals surface area contributed by atoms with Crippen molar-refractivity contribution >= 4 is 23.3 Å². The van der Waals surface area contributed by atoms with Crippen molar-refractivity contribution in [2.45, 2.75) is 20.3 Å². The van der Waals surface area contributed by atoms with E-state index in [1.807, 2.05) is 23.9 Å². The Kier molecular flexibility index (Phi) is 8.22. The topological polar surface area (TPSA) is 80.4 Å². The largest absolute Gasteiger partial charge is 0.476 e. The zero-order valence-corrected chi connectivity index (χ0v) is 13.1. The molecule has 1 rings (SSSR count). The summed E-state index contributed by atoms with van der Waals surface area (Å²) in [6, 6.07) is 3.67. The van der Waals surface area contributed by atoms with Gasteiger partial charge in [-0.3, -0.25) is 0 Å². The Labute approximate surface area is 125 Å². The molecule has 0 saturated heterocycles. The van der Waals surface area contributed by atoms with Gasteiger partial charge in [0.2, 0.25) is 5.88 Å². The number of anilines is 2. The summed E-state index contributed by atoms with van der Waals surface area (Å²) >= 11 is 1.81. The molecule has 4 N–H and O–H groups in total. The Morgan fingerprint density at radius 1 is 1.40 bits per heavy atom. The maximum atomic E-state index is 8.68. The molecule has 0 radical (unpaired) electrons. The summed E-state index contributed by atoms with van der Waals surface area (Å²) in [7, 11) is 0. The quantitative estimate of drug-likeness (QED) is 0.575. The molecule has 114 valence electrons. The molecule has 0 unspecified atom stereocenters. The van der Waals surface area contributed by atoms with Crippen LogP contribution in [0.4, 0.5) is 11.5 Å². The van der Waals surface area contributed by atoms with Crippen molar-refractivity contribution in [3.8, 4) is 5.88 Å². The van der Waals surface area contributed by atoms with Crippen molar-refractivity contribution in [2.24, 2.45) is 5.92 Å². The van der Waals surface area contributed by atoms with Crippen LogP contribution in [0.15, 0.2) is 12.1 Å². The lowest BCUT2D eigenvalue weighted by molar-refractivity contribution is 0.263. The lowest BCUT2D eigenvalue weighted by atomic mass is 10.2. The van der Waals surface area contributed by atoms with Crippen LogP contribution >= 0.6 is 11.8 Å². The van der Waals surface area contributed by atoms with Crippen LogP contribution in [0, 0.1) is 5.92 Å². The van der Waals surface area contributed by atoms with Gasteiger partial charge in [-0.25, -0.2) is 0 Å². The van der Waals surface area contributed by atoms with E-state index in [9.17, 15) is 0 Å². The van der Waals surface area contributed by atoms with Crippen molar-refractivity contribution < 1.29 is 9.84 Å². The monoisotopic (exact) mass is 299 g/mol. The van der Waals surface area contributed by atoms with E-state index in [4.69, 9.17) is 15.6 Å². The van der Waals surface area contributed by atoms with Gasteiger partial charge in [-0.2, -0.15) is 16.7 Å². The molecule has 0 fully saturated rings. The number of hydrogen-bond donors (Lipinski definition) is 3. The highest BCUT2D eigenvalue weighted by Crippen LogP contribution is 2.21. The minimum absolute atomic E-state index is 0.260. The van der Waals surface area contributed by atoms with Crippen LogP contribution in [0.1, 0.15) is 20.3 Å². The molecule has 0 spiro atoms. The third-order valence-corrected chi connectivity index (χ3v) is 3.51. The van der Waals surface area contributed by atoms with Gasteiger partial charge in [0.1, 0.15) is 5.82 Å².